The topological polar surface area (TPSA) is 79.5 Å². The second-order valence-electron chi connectivity index (χ2n) is 4.92. The zero-order valence-electron chi connectivity index (χ0n) is 10.8. The van der Waals surface area contributed by atoms with Crippen LogP contribution in [-0.4, -0.2) is 45.1 Å². The second kappa shape index (κ2) is 5.42. The molecular weight excluding hydrogens is 258 g/mol. The average molecular weight is 273 g/mol. The smallest absolute Gasteiger partial charge is 0.289 e. The second-order valence-corrected chi connectivity index (χ2v) is 4.92. The molecule has 1 amide bonds. The molecule has 20 heavy (non-hydrogen) atoms. The molecule has 104 valence electrons. The molecule has 1 aliphatic rings. The zero-order valence-corrected chi connectivity index (χ0v) is 10.8. The summed E-state index contributed by atoms with van der Waals surface area (Å²) in [5, 5.41) is 10.1. The van der Waals surface area contributed by atoms with Gasteiger partial charge < -0.3 is 14.4 Å². The summed E-state index contributed by atoms with van der Waals surface area (Å²) in [4.78, 5) is 22.0. The first-order chi connectivity index (χ1) is 9.74. The van der Waals surface area contributed by atoms with Crippen molar-refractivity contribution in [2.75, 3.05) is 13.1 Å². The lowest BCUT2D eigenvalue weighted by atomic mass is 10.0. The lowest BCUT2D eigenvalue weighted by molar-refractivity contribution is 0.0733. The van der Waals surface area contributed by atoms with Gasteiger partial charge in [-0.2, -0.15) is 0 Å². The van der Waals surface area contributed by atoms with E-state index in [0.29, 0.717) is 25.3 Å². The molecule has 1 saturated heterocycles. The number of carbonyl (C=O) groups excluding carboxylic acids is 1. The SMILES string of the molecule is O=C(c1ccco1)N1C[C@@H](Cc2cnccn2)[C@H](O)C1. The number of furan rings is 1. The number of likely N-dealkylation sites (tertiary alicyclic amines) is 1. The van der Waals surface area contributed by atoms with Gasteiger partial charge in [-0.25, -0.2) is 0 Å². The number of amides is 1. The van der Waals surface area contributed by atoms with Crippen molar-refractivity contribution in [1.82, 2.24) is 14.9 Å². The molecule has 0 unspecified atom stereocenters. The van der Waals surface area contributed by atoms with Gasteiger partial charge in [-0.05, 0) is 18.6 Å². The summed E-state index contributed by atoms with van der Waals surface area (Å²) >= 11 is 0. The molecule has 0 bridgehead atoms. The minimum Gasteiger partial charge on any atom is -0.459 e. The highest BCUT2D eigenvalue weighted by Gasteiger charge is 2.35. The Labute approximate surface area is 116 Å². The van der Waals surface area contributed by atoms with E-state index in [0.717, 1.165) is 5.69 Å². The Kier molecular flexibility index (Phi) is 3.47. The fourth-order valence-electron chi connectivity index (χ4n) is 2.48. The first kappa shape index (κ1) is 12.8. The molecule has 0 spiro atoms. The largest absolute Gasteiger partial charge is 0.459 e. The van der Waals surface area contributed by atoms with E-state index in [4.69, 9.17) is 4.42 Å². The van der Waals surface area contributed by atoms with Crippen LogP contribution >= 0.6 is 0 Å². The molecule has 6 nitrogen and oxygen atoms in total. The molecule has 2 aromatic rings. The highest BCUT2D eigenvalue weighted by Crippen LogP contribution is 2.22. The third kappa shape index (κ3) is 2.55. The molecule has 3 heterocycles. The van der Waals surface area contributed by atoms with Crippen LogP contribution in [0.15, 0.2) is 41.4 Å². The molecule has 6 heteroatoms. The molecule has 0 radical (unpaired) electrons. The van der Waals surface area contributed by atoms with Crippen LogP contribution < -0.4 is 0 Å². The van der Waals surface area contributed by atoms with E-state index in [-0.39, 0.29) is 11.8 Å². The first-order valence-electron chi connectivity index (χ1n) is 6.50. The summed E-state index contributed by atoms with van der Waals surface area (Å²) in [6.07, 6.45) is 6.46. The van der Waals surface area contributed by atoms with E-state index < -0.39 is 6.10 Å². The number of aliphatic hydroxyl groups is 1. The van der Waals surface area contributed by atoms with Gasteiger partial charge in [0.1, 0.15) is 0 Å². The van der Waals surface area contributed by atoms with Gasteiger partial charge in [-0.1, -0.05) is 0 Å². The summed E-state index contributed by atoms with van der Waals surface area (Å²) in [5.74, 6) is 0.0960. The van der Waals surface area contributed by atoms with Crippen molar-refractivity contribution >= 4 is 5.91 Å². The predicted molar refractivity (Wildman–Crippen MR) is 69.8 cm³/mol. The van der Waals surface area contributed by atoms with Crippen LogP contribution in [0.1, 0.15) is 16.2 Å². The Balaban J connectivity index is 1.66. The van der Waals surface area contributed by atoms with Gasteiger partial charge >= 0.3 is 0 Å². The van der Waals surface area contributed by atoms with Crippen LogP contribution in [0.5, 0.6) is 0 Å². The molecular formula is C14H15N3O3. The highest BCUT2D eigenvalue weighted by atomic mass is 16.3. The summed E-state index contributed by atoms with van der Waals surface area (Å²) in [5.41, 5.74) is 0.823. The Bertz CT molecular complexity index is 571. The molecule has 2 atom stereocenters. The van der Waals surface area contributed by atoms with Gasteiger partial charge in [0, 0.05) is 37.6 Å². The molecule has 1 N–H and O–H groups in total. The number of carbonyl (C=O) groups is 1. The Morgan fingerprint density at radius 3 is 3.05 bits per heavy atom. The molecule has 0 aliphatic carbocycles. The molecule has 3 rings (SSSR count). The van der Waals surface area contributed by atoms with Crippen molar-refractivity contribution in [3.63, 3.8) is 0 Å². The zero-order chi connectivity index (χ0) is 13.9. The number of hydrogen-bond donors (Lipinski definition) is 1. The first-order valence-corrected chi connectivity index (χ1v) is 6.50. The van der Waals surface area contributed by atoms with E-state index >= 15 is 0 Å². The third-order valence-electron chi connectivity index (χ3n) is 3.51. The van der Waals surface area contributed by atoms with Crippen LogP contribution in [0, 0.1) is 5.92 Å². The minimum absolute atomic E-state index is 0.0226. The van der Waals surface area contributed by atoms with Gasteiger partial charge in [-0.3, -0.25) is 14.8 Å². The predicted octanol–water partition coefficient (Wildman–Crippen LogP) is 0.745. The Hall–Kier alpha value is -2.21. The lowest BCUT2D eigenvalue weighted by Gasteiger charge is -2.14. The summed E-state index contributed by atoms with van der Waals surface area (Å²) < 4.78 is 5.10. The van der Waals surface area contributed by atoms with Crippen molar-refractivity contribution < 1.29 is 14.3 Å². The molecule has 0 aromatic carbocycles. The highest BCUT2D eigenvalue weighted by molar-refractivity contribution is 5.91. The van der Waals surface area contributed by atoms with Gasteiger partial charge in [0.15, 0.2) is 5.76 Å². The number of nitrogens with zero attached hydrogens (tertiary/aromatic N) is 3. The monoisotopic (exact) mass is 273 g/mol. The van der Waals surface area contributed by atoms with Crippen molar-refractivity contribution in [3.8, 4) is 0 Å². The van der Waals surface area contributed by atoms with Gasteiger partial charge in [0.05, 0.1) is 18.1 Å². The van der Waals surface area contributed by atoms with Gasteiger partial charge in [-0.15, -0.1) is 0 Å². The summed E-state index contributed by atoms with van der Waals surface area (Å²) in [6, 6.07) is 3.31. The molecule has 1 fully saturated rings. The fraction of sp³-hybridized carbons (Fsp3) is 0.357. The van der Waals surface area contributed by atoms with Crippen LogP contribution in [0.4, 0.5) is 0 Å². The van der Waals surface area contributed by atoms with E-state index in [1.54, 1.807) is 35.6 Å². The van der Waals surface area contributed by atoms with Crippen molar-refractivity contribution in [3.05, 3.63) is 48.4 Å². The lowest BCUT2D eigenvalue weighted by Crippen LogP contribution is -2.29. The van der Waals surface area contributed by atoms with Crippen molar-refractivity contribution in [2.24, 2.45) is 5.92 Å². The number of aliphatic hydroxyl groups excluding tert-OH is 1. The number of rotatable bonds is 3. The molecule has 0 saturated carbocycles. The van der Waals surface area contributed by atoms with E-state index in [1.165, 1.54) is 6.26 Å². The third-order valence-corrected chi connectivity index (χ3v) is 3.51. The van der Waals surface area contributed by atoms with Crippen LogP contribution in [-0.2, 0) is 6.42 Å². The molecule has 2 aromatic heterocycles. The maximum absolute atomic E-state index is 12.1. The maximum atomic E-state index is 12.1. The van der Waals surface area contributed by atoms with Crippen molar-refractivity contribution in [1.29, 1.82) is 0 Å². The van der Waals surface area contributed by atoms with Gasteiger partial charge in [0.25, 0.3) is 5.91 Å². The van der Waals surface area contributed by atoms with E-state index in [9.17, 15) is 9.90 Å². The average Bonchev–Trinajstić information content (AvgIpc) is 3.10. The van der Waals surface area contributed by atoms with Crippen LogP contribution in [0.2, 0.25) is 0 Å². The fourth-order valence-corrected chi connectivity index (χ4v) is 2.48. The Morgan fingerprint density at radius 2 is 2.35 bits per heavy atom. The van der Waals surface area contributed by atoms with E-state index in [1.807, 2.05) is 0 Å². The van der Waals surface area contributed by atoms with Crippen LogP contribution in [0.3, 0.4) is 0 Å². The number of hydrogen-bond acceptors (Lipinski definition) is 5. The van der Waals surface area contributed by atoms with Crippen molar-refractivity contribution in [2.45, 2.75) is 12.5 Å². The molecule has 1 aliphatic heterocycles. The summed E-state index contributed by atoms with van der Waals surface area (Å²) in [7, 11) is 0. The standard InChI is InChI=1S/C14H15N3O3/c18-12-9-17(14(19)13-2-1-5-20-13)8-10(12)6-11-7-15-3-4-16-11/h1-5,7,10,12,18H,6,8-9H2/t10-,12-/m1/s1. The number of β-amino-alcohol motifs (C(OH)–C–C–N with tert-alkyl or cyclic N) is 1. The van der Waals surface area contributed by atoms with Crippen LogP contribution in [0.25, 0.3) is 0 Å². The van der Waals surface area contributed by atoms with E-state index in [2.05, 4.69) is 9.97 Å². The Morgan fingerprint density at radius 1 is 1.45 bits per heavy atom. The van der Waals surface area contributed by atoms with Gasteiger partial charge in [0.2, 0.25) is 0 Å². The summed E-state index contributed by atoms with van der Waals surface area (Å²) in [6.45, 7) is 0.821. The minimum atomic E-state index is -0.545. The normalized spacial score (nSPS) is 22.1. The maximum Gasteiger partial charge on any atom is 0.289 e. The number of aromatic nitrogens is 2. The quantitative estimate of drug-likeness (QED) is 0.892.